The van der Waals surface area contributed by atoms with Gasteiger partial charge < -0.3 is 19.3 Å². The quantitative estimate of drug-likeness (QED) is 0.443. The lowest BCUT2D eigenvalue weighted by Crippen LogP contribution is -2.29. The van der Waals surface area contributed by atoms with Gasteiger partial charge in [0.1, 0.15) is 28.5 Å². The Morgan fingerprint density at radius 3 is 2.68 bits per heavy atom. The van der Waals surface area contributed by atoms with Gasteiger partial charge in [-0.1, -0.05) is 6.07 Å². The predicted molar refractivity (Wildman–Crippen MR) is 131 cm³/mol. The fourth-order valence-electron chi connectivity index (χ4n) is 4.90. The van der Waals surface area contributed by atoms with E-state index in [1.807, 2.05) is 30.1 Å². The number of ketones is 1. The molecule has 7 heteroatoms. The molecule has 4 aromatic rings. The number of piperidine rings is 1. The van der Waals surface area contributed by atoms with Crippen molar-refractivity contribution in [2.24, 2.45) is 7.05 Å². The zero-order valence-corrected chi connectivity index (χ0v) is 18.9. The van der Waals surface area contributed by atoms with Crippen molar-refractivity contribution in [2.75, 3.05) is 18.0 Å². The molecule has 0 aliphatic carbocycles. The second-order valence-corrected chi connectivity index (χ2v) is 8.80. The van der Waals surface area contributed by atoms with Crippen molar-refractivity contribution in [3.05, 3.63) is 71.9 Å². The fourth-order valence-corrected chi connectivity index (χ4v) is 4.90. The summed E-state index contributed by atoms with van der Waals surface area (Å²) in [4.78, 5) is 24.6. The lowest BCUT2D eigenvalue weighted by Gasteiger charge is -2.27. The van der Waals surface area contributed by atoms with Gasteiger partial charge in [-0.3, -0.25) is 4.79 Å². The van der Waals surface area contributed by atoms with Gasteiger partial charge in [-0.2, -0.15) is 0 Å². The van der Waals surface area contributed by atoms with Gasteiger partial charge in [0.25, 0.3) is 0 Å². The van der Waals surface area contributed by atoms with Crippen LogP contribution in [0.1, 0.15) is 35.2 Å². The Morgan fingerprint density at radius 2 is 1.91 bits per heavy atom. The Balaban J connectivity index is 1.42. The van der Waals surface area contributed by atoms with Crippen LogP contribution < -0.4 is 9.64 Å². The molecule has 2 aliphatic heterocycles. The highest BCUT2D eigenvalue weighted by molar-refractivity contribution is 6.17. The van der Waals surface area contributed by atoms with Crippen molar-refractivity contribution in [3.8, 4) is 22.6 Å². The van der Waals surface area contributed by atoms with Gasteiger partial charge in [0, 0.05) is 55.2 Å². The number of carbonyl (C=O) groups excluding carboxylic acids is 1. The largest absolute Gasteiger partial charge is 0.507 e. The molecule has 7 nitrogen and oxygen atoms in total. The maximum absolute atomic E-state index is 12.9. The molecule has 170 valence electrons. The number of benzene rings is 1. The number of Topliss-reactive ketones (excluding diaryl/α,β-unsaturated/α-hetero) is 1. The maximum Gasteiger partial charge on any atom is 0.235 e. The summed E-state index contributed by atoms with van der Waals surface area (Å²) in [7, 11) is 1.93. The third kappa shape index (κ3) is 3.32. The topological polar surface area (TPSA) is 80.5 Å². The van der Waals surface area contributed by atoms with Crippen LogP contribution in [0, 0.1) is 0 Å². The van der Waals surface area contributed by atoms with E-state index >= 15 is 0 Å². The zero-order valence-electron chi connectivity index (χ0n) is 18.9. The lowest BCUT2D eigenvalue weighted by atomic mass is 10.0. The summed E-state index contributed by atoms with van der Waals surface area (Å²) in [5.41, 5.74) is 3.79. The van der Waals surface area contributed by atoms with Crippen molar-refractivity contribution >= 4 is 28.7 Å². The number of aromatic hydroxyl groups is 1. The second-order valence-electron chi connectivity index (χ2n) is 8.80. The standard InChI is InChI=1S/C27H24N4O3/c1-30-16-18(14-22-26(33)25-20(32)6-5-7-21(25)34-22)24-19(10-11-28-27(24)30)17-8-9-23(29-15-17)31-12-3-2-4-13-31/h5-11,14-16,32H,2-4,12-13H2,1H3/b22-14-. The third-order valence-electron chi connectivity index (χ3n) is 6.59. The molecule has 1 N–H and O–H groups in total. The van der Waals surface area contributed by atoms with Gasteiger partial charge >= 0.3 is 0 Å². The van der Waals surface area contributed by atoms with E-state index in [2.05, 4.69) is 22.0 Å². The van der Waals surface area contributed by atoms with Gasteiger partial charge in [0.15, 0.2) is 5.76 Å². The molecule has 0 atom stereocenters. The number of aryl methyl sites for hydroxylation is 1. The van der Waals surface area contributed by atoms with Crippen LogP contribution in [0.2, 0.25) is 0 Å². The minimum absolute atomic E-state index is 0.0777. The Hall–Kier alpha value is -4.13. The molecule has 2 aliphatic rings. The minimum atomic E-state index is -0.330. The first-order valence-corrected chi connectivity index (χ1v) is 11.5. The summed E-state index contributed by atoms with van der Waals surface area (Å²) in [5, 5.41) is 11.0. The number of hydrogen-bond donors (Lipinski definition) is 1. The van der Waals surface area contributed by atoms with Crippen LogP contribution in [-0.4, -0.2) is 38.5 Å². The first kappa shape index (κ1) is 20.5. The average molecular weight is 453 g/mol. The van der Waals surface area contributed by atoms with Crippen LogP contribution in [0.15, 0.2) is 60.7 Å². The molecule has 3 aromatic heterocycles. The van der Waals surface area contributed by atoms with Crippen LogP contribution in [0.3, 0.4) is 0 Å². The maximum atomic E-state index is 12.9. The van der Waals surface area contributed by atoms with Crippen LogP contribution in [-0.2, 0) is 7.05 Å². The third-order valence-corrected chi connectivity index (χ3v) is 6.59. The Morgan fingerprint density at radius 1 is 1.06 bits per heavy atom. The molecule has 6 rings (SSSR count). The second kappa shape index (κ2) is 8.02. The van der Waals surface area contributed by atoms with E-state index in [4.69, 9.17) is 9.72 Å². The number of fused-ring (bicyclic) bond motifs is 2. The molecule has 0 radical (unpaired) electrons. The summed E-state index contributed by atoms with van der Waals surface area (Å²) >= 11 is 0. The Kier molecular flexibility index (Phi) is 4.83. The van der Waals surface area contributed by atoms with Gasteiger partial charge in [0.2, 0.25) is 5.78 Å². The number of rotatable bonds is 3. The van der Waals surface area contributed by atoms with E-state index < -0.39 is 0 Å². The lowest BCUT2D eigenvalue weighted by molar-refractivity contribution is 0.101. The van der Waals surface area contributed by atoms with Gasteiger partial charge in [-0.05, 0) is 61.2 Å². The first-order chi connectivity index (χ1) is 16.6. The number of hydrogen-bond acceptors (Lipinski definition) is 6. The number of anilines is 1. The Bertz CT molecular complexity index is 1450. The molecule has 0 saturated carbocycles. The average Bonchev–Trinajstić information content (AvgIpc) is 3.37. The van der Waals surface area contributed by atoms with Gasteiger partial charge in [-0.25, -0.2) is 9.97 Å². The van der Waals surface area contributed by atoms with Crippen molar-refractivity contribution in [1.82, 2.24) is 14.5 Å². The van der Waals surface area contributed by atoms with E-state index in [1.54, 1.807) is 24.4 Å². The molecule has 0 bridgehead atoms. The number of aromatic nitrogens is 3. The number of carbonyl (C=O) groups is 1. The van der Waals surface area contributed by atoms with E-state index in [0.717, 1.165) is 46.6 Å². The van der Waals surface area contributed by atoms with Crippen molar-refractivity contribution in [1.29, 1.82) is 0 Å². The zero-order chi connectivity index (χ0) is 23.2. The van der Waals surface area contributed by atoms with Crippen molar-refractivity contribution < 1.29 is 14.6 Å². The van der Waals surface area contributed by atoms with Crippen molar-refractivity contribution in [2.45, 2.75) is 19.3 Å². The van der Waals surface area contributed by atoms with E-state index in [0.29, 0.717) is 5.75 Å². The number of ether oxygens (including phenoxy) is 1. The first-order valence-electron chi connectivity index (χ1n) is 11.5. The monoisotopic (exact) mass is 452 g/mol. The number of allylic oxidation sites excluding steroid dienone is 1. The summed E-state index contributed by atoms with van der Waals surface area (Å²) in [6.07, 6.45) is 11.1. The molecule has 1 aromatic carbocycles. The number of pyridine rings is 2. The molecule has 0 unspecified atom stereocenters. The molecular formula is C27H24N4O3. The van der Waals surface area contributed by atoms with Gasteiger partial charge in [-0.15, -0.1) is 0 Å². The van der Waals surface area contributed by atoms with Crippen molar-refractivity contribution in [3.63, 3.8) is 0 Å². The summed E-state index contributed by atoms with van der Waals surface area (Å²) < 4.78 is 7.73. The molecule has 1 saturated heterocycles. The summed E-state index contributed by atoms with van der Waals surface area (Å²) in [6.45, 7) is 2.10. The SMILES string of the molecule is Cn1cc(/C=C2\Oc3cccc(O)c3C2=O)c2c(-c3ccc(N4CCCCC4)nc3)ccnc21. The number of phenolic OH excluding ortho intramolecular Hbond substituents is 1. The summed E-state index contributed by atoms with van der Waals surface area (Å²) in [6, 6.07) is 11.0. The van der Waals surface area contributed by atoms with E-state index in [9.17, 15) is 9.90 Å². The van der Waals surface area contributed by atoms with Crippen LogP contribution in [0.5, 0.6) is 11.5 Å². The summed E-state index contributed by atoms with van der Waals surface area (Å²) in [5.74, 6) is 1.14. The number of phenols is 1. The van der Waals surface area contributed by atoms with Crippen LogP contribution >= 0.6 is 0 Å². The highest BCUT2D eigenvalue weighted by atomic mass is 16.5. The van der Waals surface area contributed by atoms with Crippen LogP contribution in [0.25, 0.3) is 28.2 Å². The Labute approximate surface area is 196 Å². The highest BCUT2D eigenvalue weighted by Crippen LogP contribution is 2.39. The van der Waals surface area contributed by atoms with E-state index in [1.165, 1.54) is 25.3 Å². The minimum Gasteiger partial charge on any atom is -0.507 e. The highest BCUT2D eigenvalue weighted by Gasteiger charge is 2.30. The molecule has 0 spiro atoms. The predicted octanol–water partition coefficient (Wildman–Crippen LogP) is 4.95. The number of nitrogens with zero attached hydrogens (tertiary/aromatic N) is 4. The van der Waals surface area contributed by atoms with E-state index in [-0.39, 0.29) is 22.9 Å². The molecule has 34 heavy (non-hydrogen) atoms. The fraction of sp³-hybridized carbons (Fsp3) is 0.222. The molecular weight excluding hydrogens is 428 g/mol. The van der Waals surface area contributed by atoms with Crippen LogP contribution in [0.4, 0.5) is 5.82 Å². The van der Waals surface area contributed by atoms with Gasteiger partial charge in [0.05, 0.1) is 0 Å². The smallest absolute Gasteiger partial charge is 0.235 e. The molecule has 5 heterocycles. The molecule has 0 amide bonds. The normalized spacial score (nSPS) is 16.8. The molecule has 1 fully saturated rings.